The molecule has 0 heterocycles. The highest BCUT2D eigenvalue weighted by Gasteiger charge is 2.74. The van der Waals surface area contributed by atoms with Crippen molar-refractivity contribution in [2.24, 2.45) is 45.3 Å². The molecule has 0 bridgehead atoms. The van der Waals surface area contributed by atoms with E-state index in [2.05, 4.69) is 0 Å². The fourth-order valence-electron chi connectivity index (χ4n) is 8.99. The second-order valence-electron chi connectivity index (χ2n) is 14.2. The van der Waals surface area contributed by atoms with Crippen molar-refractivity contribution in [2.45, 2.75) is 100 Å². The number of carbonyl (C=O) groups excluding carboxylic acids is 6. The Morgan fingerprint density at radius 3 is 2.10 bits per heavy atom. The molecule has 0 radical (unpaired) electrons. The van der Waals surface area contributed by atoms with Gasteiger partial charge in [0, 0.05) is 66.4 Å². The minimum Gasteiger partial charge on any atom is -0.481 e. The normalized spacial score (nSPS) is 37.6. The Labute approximate surface area is 240 Å². The lowest BCUT2D eigenvalue weighted by atomic mass is 9.42. The molecule has 0 amide bonds. The fraction of sp³-hybridized carbons (Fsp3) is 0.719. The highest BCUT2D eigenvalue weighted by molar-refractivity contribution is 6.18. The van der Waals surface area contributed by atoms with Crippen LogP contribution in [0.2, 0.25) is 0 Å². The summed E-state index contributed by atoms with van der Waals surface area (Å²) in [5.41, 5.74) is -4.09. The first-order chi connectivity index (χ1) is 18.8. The Bertz CT molecular complexity index is 1300. The van der Waals surface area contributed by atoms with Gasteiger partial charge in [-0.05, 0) is 31.1 Å². The highest BCUT2D eigenvalue weighted by Crippen LogP contribution is 2.70. The van der Waals surface area contributed by atoms with Gasteiger partial charge >= 0.3 is 11.9 Å². The van der Waals surface area contributed by atoms with Crippen LogP contribution in [-0.2, 0) is 38.3 Å². The summed E-state index contributed by atoms with van der Waals surface area (Å²) in [5.74, 6) is -5.46. The Morgan fingerprint density at radius 2 is 1.54 bits per heavy atom. The van der Waals surface area contributed by atoms with Gasteiger partial charge in [-0.2, -0.15) is 0 Å². The van der Waals surface area contributed by atoms with Crippen LogP contribution in [0.5, 0.6) is 0 Å². The van der Waals surface area contributed by atoms with E-state index < -0.39 is 69.2 Å². The molecule has 0 saturated heterocycles. The van der Waals surface area contributed by atoms with Crippen molar-refractivity contribution in [2.75, 3.05) is 0 Å². The summed E-state index contributed by atoms with van der Waals surface area (Å²) in [4.78, 5) is 92.3. The maximum Gasteiger partial charge on any atom is 0.306 e. The van der Waals surface area contributed by atoms with Gasteiger partial charge in [0.25, 0.3) is 0 Å². The molecule has 3 unspecified atom stereocenters. The number of esters is 1. The largest absolute Gasteiger partial charge is 0.481 e. The number of carbonyl (C=O) groups is 7. The molecule has 0 spiro atoms. The van der Waals surface area contributed by atoms with E-state index >= 15 is 0 Å². The number of hydrogen-bond acceptors (Lipinski definition) is 8. The van der Waals surface area contributed by atoms with E-state index in [0.29, 0.717) is 6.42 Å². The van der Waals surface area contributed by atoms with E-state index in [1.165, 1.54) is 13.8 Å². The van der Waals surface area contributed by atoms with Gasteiger partial charge in [0.1, 0.15) is 17.3 Å². The van der Waals surface area contributed by atoms with Gasteiger partial charge in [-0.15, -0.1) is 0 Å². The molecule has 4 aliphatic carbocycles. The Morgan fingerprint density at radius 1 is 0.927 bits per heavy atom. The number of rotatable bonds is 7. The lowest BCUT2D eigenvalue weighted by Crippen LogP contribution is -2.64. The minimum atomic E-state index is -1.46. The van der Waals surface area contributed by atoms with Crippen molar-refractivity contribution in [3.05, 3.63) is 11.1 Å². The zero-order valence-corrected chi connectivity index (χ0v) is 25.3. The standard InChI is InChI=1S/C32H42O9/c1-15(11-18(34)12-16(2)28(39)40)19-13-23(37)32(8)24-20(35)14-21-29(4,5)22(36)9-10-30(21,6)25(24)26(38)27(31(19,32)7)41-17(3)33/h15-16,19,21,27H,9-14H2,1-8H3,(H,39,40)/t15?,16?,19-,21+,27?,30+,31+,32-/m1/s1. The van der Waals surface area contributed by atoms with Gasteiger partial charge in [0.15, 0.2) is 11.9 Å². The molecule has 41 heavy (non-hydrogen) atoms. The van der Waals surface area contributed by atoms with Crippen molar-refractivity contribution in [3.63, 3.8) is 0 Å². The number of allylic oxidation sites excluding steroid dienone is 1. The summed E-state index contributed by atoms with van der Waals surface area (Å²) in [5, 5.41) is 9.23. The topological polar surface area (TPSA) is 149 Å². The number of aliphatic carboxylic acids is 1. The van der Waals surface area contributed by atoms with Crippen LogP contribution in [0.1, 0.15) is 93.9 Å². The predicted molar refractivity (Wildman–Crippen MR) is 146 cm³/mol. The quantitative estimate of drug-likeness (QED) is 0.447. The molecule has 9 nitrogen and oxygen atoms in total. The van der Waals surface area contributed by atoms with Gasteiger partial charge in [-0.1, -0.05) is 41.5 Å². The Kier molecular flexibility index (Phi) is 7.41. The van der Waals surface area contributed by atoms with Gasteiger partial charge in [-0.25, -0.2) is 0 Å². The average Bonchev–Trinajstić information content (AvgIpc) is 3.07. The highest BCUT2D eigenvalue weighted by atomic mass is 16.5. The van der Waals surface area contributed by atoms with Crippen LogP contribution in [-0.4, -0.2) is 52.1 Å². The molecule has 8 atom stereocenters. The molecule has 4 rings (SSSR count). The maximum atomic E-state index is 14.6. The summed E-state index contributed by atoms with van der Waals surface area (Å²) in [6, 6.07) is 0. The zero-order chi connectivity index (χ0) is 31.0. The van der Waals surface area contributed by atoms with Crippen molar-refractivity contribution in [1.29, 1.82) is 0 Å². The summed E-state index contributed by atoms with van der Waals surface area (Å²) >= 11 is 0. The van der Waals surface area contributed by atoms with E-state index in [4.69, 9.17) is 4.74 Å². The minimum absolute atomic E-state index is 0.0157. The zero-order valence-electron chi connectivity index (χ0n) is 25.3. The van der Waals surface area contributed by atoms with Crippen molar-refractivity contribution in [1.82, 2.24) is 0 Å². The molecule has 9 heteroatoms. The molecule has 0 aromatic rings. The van der Waals surface area contributed by atoms with Gasteiger partial charge in [0.2, 0.25) is 5.78 Å². The fourth-order valence-corrected chi connectivity index (χ4v) is 8.99. The lowest BCUT2D eigenvalue weighted by molar-refractivity contribution is -0.175. The van der Waals surface area contributed by atoms with Crippen LogP contribution < -0.4 is 0 Å². The van der Waals surface area contributed by atoms with Crippen molar-refractivity contribution < 1.29 is 43.4 Å². The Hall–Kier alpha value is -2.97. The number of fused-ring (bicyclic) bond motifs is 4. The van der Waals surface area contributed by atoms with Crippen LogP contribution in [0, 0.1) is 45.3 Å². The molecule has 4 aliphatic rings. The maximum absolute atomic E-state index is 14.6. The first kappa shape index (κ1) is 31.0. The summed E-state index contributed by atoms with van der Waals surface area (Å²) in [6.07, 6.45) is -0.948. The summed E-state index contributed by atoms with van der Waals surface area (Å²) in [7, 11) is 0. The van der Waals surface area contributed by atoms with Crippen LogP contribution >= 0.6 is 0 Å². The first-order valence-corrected chi connectivity index (χ1v) is 14.6. The second kappa shape index (κ2) is 9.80. The molecule has 0 aliphatic heterocycles. The summed E-state index contributed by atoms with van der Waals surface area (Å²) in [6.45, 7) is 13.3. The van der Waals surface area contributed by atoms with E-state index in [-0.39, 0.29) is 66.4 Å². The monoisotopic (exact) mass is 570 g/mol. The van der Waals surface area contributed by atoms with E-state index in [0.717, 1.165) is 0 Å². The third kappa shape index (κ3) is 4.20. The van der Waals surface area contributed by atoms with Crippen LogP contribution in [0.3, 0.4) is 0 Å². The molecule has 0 aromatic carbocycles. The number of hydrogen-bond donors (Lipinski definition) is 1. The van der Waals surface area contributed by atoms with Crippen LogP contribution in [0.25, 0.3) is 0 Å². The average molecular weight is 571 g/mol. The molecule has 0 aromatic heterocycles. The smallest absolute Gasteiger partial charge is 0.306 e. The van der Waals surface area contributed by atoms with Gasteiger partial charge < -0.3 is 9.84 Å². The van der Waals surface area contributed by atoms with Gasteiger partial charge in [-0.3, -0.25) is 33.6 Å². The van der Waals surface area contributed by atoms with Crippen LogP contribution in [0.15, 0.2) is 11.1 Å². The number of ether oxygens (including phenoxy) is 1. The van der Waals surface area contributed by atoms with Crippen molar-refractivity contribution >= 4 is 40.9 Å². The van der Waals surface area contributed by atoms with Gasteiger partial charge in [0.05, 0.1) is 11.3 Å². The molecular weight excluding hydrogens is 528 g/mol. The first-order valence-electron chi connectivity index (χ1n) is 14.6. The van der Waals surface area contributed by atoms with E-state index in [1.54, 1.807) is 34.6 Å². The van der Waals surface area contributed by atoms with Crippen molar-refractivity contribution in [3.8, 4) is 0 Å². The molecule has 1 N–H and O–H groups in total. The Balaban J connectivity index is 1.89. The number of carboxylic acid groups (broad SMARTS) is 1. The molecule has 224 valence electrons. The number of Topliss-reactive ketones (excluding diaryl/α,β-unsaturated/α-hetero) is 5. The van der Waals surface area contributed by atoms with E-state index in [1.807, 2.05) is 6.92 Å². The van der Waals surface area contributed by atoms with Crippen LogP contribution in [0.4, 0.5) is 0 Å². The third-order valence-electron chi connectivity index (χ3n) is 11.5. The summed E-state index contributed by atoms with van der Waals surface area (Å²) < 4.78 is 5.78. The predicted octanol–water partition coefficient (Wildman–Crippen LogP) is 4.09. The van der Waals surface area contributed by atoms with E-state index in [9.17, 15) is 38.7 Å². The number of carboxylic acids is 1. The molecule has 2 saturated carbocycles. The third-order valence-corrected chi connectivity index (χ3v) is 11.5. The lowest BCUT2D eigenvalue weighted by Gasteiger charge is -2.59. The second-order valence-corrected chi connectivity index (χ2v) is 14.2. The SMILES string of the molecule is CC(=O)OC1C(=O)C2=C(C(=O)C[C@H]3C(C)(C)C(=O)CC[C@]23C)[C@@]2(C)C(=O)C[C@H](C(C)CC(=O)CC(C)C(=O)O)[C@@]12C. The molecular formula is C32H42O9. The number of ketones is 5. The molecule has 2 fully saturated rings.